The molecule has 0 unspecified atom stereocenters. The standard InChI is InChI=1S/C68H38N12/c1-5-21-37(22-6-1)49-41-29-13-17-33-45(41)69-57-53(49)61-73-65(57)78-62-55-51(39-25-9-3-10-26-39)43-31-15-19-35-47(43)71-59(55)67(75-62)80-64-56-52(40-27-11-4-12-28-40)44-32-16-20-36-48(44)72-60(56)68(76-64)79-63-54-50(38-23-7-2-8-24-38)42-30-14-18-34-46(42)70-58(54)66(74-63)77-61/h1-36H,(H2,73,74,75,76,77,78,79,80). The summed E-state index contributed by atoms with van der Waals surface area (Å²) in [6.45, 7) is 0. The Morgan fingerprint density at radius 3 is 0.863 bits per heavy atom. The molecular weight excluding hydrogens is 985 g/mol. The van der Waals surface area contributed by atoms with Crippen molar-refractivity contribution in [1.29, 1.82) is 0 Å². The van der Waals surface area contributed by atoms with Crippen LogP contribution < -0.4 is 0 Å². The number of hydrogen-bond acceptors (Lipinski definition) is 10. The zero-order valence-corrected chi connectivity index (χ0v) is 42.3. The minimum atomic E-state index is 0.362. The summed E-state index contributed by atoms with van der Waals surface area (Å²) in [5.41, 5.74) is 16.5. The average molecular weight is 1020 g/mol. The molecule has 9 heterocycles. The van der Waals surface area contributed by atoms with Crippen molar-refractivity contribution in [3.05, 3.63) is 218 Å². The molecule has 0 radical (unpaired) electrons. The summed E-state index contributed by atoms with van der Waals surface area (Å²) in [5, 5.41) is 5.32. The number of nitrogens with one attached hydrogen (secondary N) is 2. The maximum Gasteiger partial charge on any atom is 0.183 e. The van der Waals surface area contributed by atoms with Gasteiger partial charge in [-0.25, -0.2) is 49.8 Å². The highest BCUT2D eigenvalue weighted by molar-refractivity contribution is 6.21. The fourth-order valence-corrected chi connectivity index (χ4v) is 12.0. The van der Waals surface area contributed by atoms with Crippen molar-refractivity contribution in [2.45, 2.75) is 0 Å². The van der Waals surface area contributed by atoms with Gasteiger partial charge < -0.3 is 9.97 Å². The average Bonchev–Trinajstić information content (AvgIpc) is 4.41. The van der Waals surface area contributed by atoms with E-state index in [1.807, 2.05) is 121 Å². The van der Waals surface area contributed by atoms with Crippen molar-refractivity contribution >= 4 is 88.0 Å². The number of fused-ring (bicyclic) bond motifs is 24. The van der Waals surface area contributed by atoms with Gasteiger partial charge in [-0.15, -0.1) is 0 Å². The smallest absolute Gasteiger partial charge is 0.183 e. The van der Waals surface area contributed by atoms with Gasteiger partial charge in [-0.05, 0) is 46.5 Å². The summed E-state index contributed by atoms with van der Waals surface area (Å²) in [4.78, 5) is 62.7. The minimum absolute atomic E-state index is 0.362. The van der Waals surface area contributed by atoms with Crippen LogP contribution in [-0.2, 0) is 0 Å². The molecule has 2 aliphatic rings. The highest BCUT2D eigenvalue weighted by Crippen LogP contribution is 2.48. The Kier molecular flexibility index (Phi) is 9.41. The Morgan fingerprint density at radius 2 is 0.500 bits per heavy atom. The maximum atomic E-state index is 5.62. The number of benzene rings is 8. The molecule has 12 nitrogen and oxygen atoms in total. The summed E-state index contributed by atoms with van der Waals surface area (Å²) >= 11 is 0. The lowest BCUT2D eigenvalue weighted by Crippen LogP contribution is -1.94. The first-order chi connectivity index (χ1) is 39.7. The van der Waals surface area contributed by atoms with E-state index < -0.39 is 0 Å². The number of para-hydroxylation sites is 4. The largest absolute Gasteiger partial charge is 0.322 e. The van der Waals surface area contributed by atoms with E-state index in [-0.39, 0.29) is 0 Å². The van der Waals surface area contributed by atoms with Gasteiger partial charge >= 0.3 is 0 Å². The quantitative estimate of drug-likeness (QED) is 0.174. The molecule has 0 amide bonds. The fraction of sp³-hybridized carbons (Fsp3) is 0. The highest BCUT2D eigenvalue weighted by Gasteiger charge is 2.31. The lowest BCUT2D eigenvalue weighted by Gasteiger charge is -2.12. The topological polar surface area (TPSA) is 160 Å². The van der Waals surface area contributed by atoms with Crippen LogP contribution in [0.5, 0.6) is 0 Å². The molecule has 80 heavy (non-hydrogen) atoms. The predicted octanol–water partition coefficient (Wildman–Crippen LogP) is 15.7. The highest BCUT2D eigenvalue weighted by atomic mass is 15.1. The molecule has 2 N–H and O–H groups in total. The van der Waals surface area contributed by atoms with Gasteiger partial charge in [0.1, 0.15) is 33.7 Å². The molecule has 15 aromatic rings. The number of rotatable bonds is 4. The van der Waals surface area contributed by atoms with Crippen LogP contribution in [0, 0.1) is 0 Å². The normalized spacial score (nSPS) is 12.0. The molecule has 0 saturated heterocycles. The van der Waals surface area contributed by atoms with Crippen LogP contribution in [0.4, 0.5) is 0 Å². The zero-order chi connectivity index (χ0) is 52.4. The Labute approximate surface area is 454 Å². The summed E-state index contributed by atoms with van der Waals surface area (Å²) < 4.78 is 0. The molecule has 17 rings (SSSR count). The number of H-pyrrole nitrogens is 2. The van der Waals surface area contributed by atoms with Crippen LogP contribution in [-0.4, -0.2) is 59.8 Å². The molecule has 0 aliphatic carbocycles. The maximum absolute atomic E-state index is 5.62. The van der Waals surface area contributed by atoms with Crippen LogP contribution in [0.25, 0.3) is 178 Å². The third-order valence-electron chi connectivity index (χ3n) is 15.4. The second-order valence-corrected chi connectivity index (χ2v) is 20.0. The Bertz CT molecular complexity index is 4960. The van der Waals surface area contributed by atoms with Crippen LogP contribution >= 0.6 is 0 Å². The van der Waals surface area contributed by atoms with Crippen LogP contribution in [0.1, 0.15) is 0 Å². The lowest BCUT2D eigenvalue weighted by atomic mass is 9.94. The number of nitrogens with zero attached hydrogens (tertiary/aromatic N) is 10. The number of pyridine rings is 4. The van der Waals surface area contributed by atoms with E-state index in [1.54, 1.807) is 0 Å². The molecule has 8 aromatic carbocycles. The molecule has 8 bridgehead atoms. The van der Waals surface area contributed by atoms with Gasteiger partial charge in [-0.2, -0.15) is 0 Å². The second kappa shape index (κ2) is 17.1. The monoisotopic (exact) mass is 1020 g/mol. The van der Waals surface area contributed by atoms with E-state index in [4.69, 9.17) is 49.8 Å². The molecule has 0 saturated carbocycles. The van der Waals surface area contributed by atoms with Gasteiger partial charge in [0.15, 0.2) is 34.6 Å². The minimum Gasteiger partial charge on any atom is -0.322 e. The van der Waals surface area contributed by atoms with Crippen molar-refractivity contribution in [3.8, 4) is 90.3 Å². The Morgan fingerprint density at radius 1 is 0.212 bits per heavy atom. The van der Waals surface area contributed by atoms with Gasteiger partial charge in [-0.1, -0.05) is 194 Å². The molecule has 0 spiro atoms. The predicted molar refractivity (Wildman–Crippen MR) is 319 cm³/mol. The molecule has 0 fully saturated rings. The molecule has 7 aromatic heterocycles. The molecular formula is C68H38N12. The second-order valence-electron chi connectivity index (χ2n) is 20.0. The summed E-state index contributed by atoms with van der Waals surface area (Å²) in [6.07, 6.45) is 0. The van der Waals surface area contributed by atoms with E-state index in [9.17, 15) is 0 Å². The lowest BCUT2D eigenvalue weighted by molar-refractivity contribution is 1.18. The Hall–Kier alpha value is -11.2. The summed E-state index contributed by atoms with van der Waals surface area (Å²) in [6, 6.07) is 74.3. The van der Waals surface area contributed by atoms with E-state index in [2.05, 4.69) is 107 Å². The van der Waals surface area contributed by atoms with Crippen LogP contribution in [0.15, 0.2) is 218 Å². The number of aromatic nitrogens is 12. The fourth-order valence-electron chi connectivity index (χ4n) is 12.0. The van der Waals surface area contributed by atoms with Crippen LogP contribution in [0.2, 0.25) is 0 Å². The van der Waals surface area contributed by atoms with E-state index in [1.165, 1.54) is 0 Å². The van der Waals surface area contributed by atoms with E-state index in [0.717, 1.165) is 110 Å². The first-order valence-electron chi connectivity index (χ1n) is 26.4. The van der Waals surface area contributed by atoms with Crippen molar-refractivity contribution in [3.63, 3.8) is 0 Å². The third-order valence-corrected chi connectivity index (χ3v) is 15.4. The van der Waals surface area contributed by atoms with Gasteiger partial charge in [-0.3, -0.25) is 0 Å². The van der Waals surface area contributed by atoms with Crippen molar-refractivity contribution in [2.75, 3.05) is 0 Å². The van der Waals surface area contributed by atoms with Crippen LogP contribution in [0.3, 0.4) is 0 Å². The summed E-state index contributed by atoms with van der Waals surface area (Å²) in [7, 11) is 0. The SMILES string of the molecule is c1ccc(-c2c3c(nc4ccccc24)-c2nc-3nc3[nH]c(nc4nc(nc5[nH]c(n2)c2c(-c6ccccc6)c6ccccc6nc52)-c2c-4nc4ccccc4c2-c2ccccc2)c2c(-c4ccccc4)c4ccccc4nc32)cc1. The molecule has 2 aliphatic heterocycles. The van der Waals surface area contributed by atoms with Gasteiger partial charge in [0.25, 0.3) is 0 Å². The van der Waals surface area contributed by atoms with Crippen molar-refractivity contribution in [1.82, 2.24) is 59.8 Å². The van der Waals surface area contributed by atoms with Crippen molar-refractivity contribution in [2.24, 2.45) is 0 Å². The first-order valence-corrected chi connectivity index (χ1v) is 26.4. The molecule has 0 atom stereocenters. The first kappa shape index (κ1) is 43.9. The van der Waals surface area contributed by atoms with Crippen molar-refractivity contribution < 1.29 is 0 Å². The number of aromatic amines is 2. The number of hydrogen-bond donors (Lipinski definition) is 2. The molecule has 12 heteroatoms. The van der Waals surface area contributed by atoms with E-state index in [0.29, 0.717) is 68.3 Å². The van der Waals surface area contributed by atoms with Gasteiger partial charge in [0.2, 0.25) is 0 Å². The van der Waals surface area contributed by atoms with Gasteiger partial charge in [0.05, 0.1) is 44.0 Å². The van der Waals surface area contributed by atoms with Gasteiger partial charge in [0, 0.05) is 43.8 Å². The third kappa shape index (κ3) is 6.62. The Balaban J connectivity index is 1.13. The molecule has 370 valence electrons. The summed E-state index contributed by atoms with van der Waals surface area (Å²) in [5.74, 6) is 1.53. The van der Waals surface area contributed by atoms with E-state index >= 15 is 0 Å². The zero-order valence-electron chi connectivity index (χ0n) is 42.3.